The molecule has 0 atom stereocenters. The van der Waals surface area contributed by atoms with E-state index in [-0.39, 0.29) is 24.7 Å². The fourth-order valence-electron chi connectivity index (χ4n) is 3.34. The molecular weight excluding hydrogens is 271 g/mol. The van der Waals surface area contributed by atoms with Crippen molar-refractivity contribution in [2.24, 2.45) is 5.73 Å². The number of alkyl halides is 3. The van der Waals surface area contributed by atoms with Gasteiger partial charge in [-0.05, 0) is 25.0 Å². The Morgan fingerprint density at radius 1 is 1.15 bits per heavy atom. The molecule has 1 saturated carbocycles. The largest absolute Gasteiger partial charge is 0.454 e. The van der Waals surface area contributed by atoms with Gasteiger partial charge in [0, 0.05) is 17.5 Å². The minimum absolute atomic E-state index is 0.0374. The van der Waals surface area contributed by atoms with Crippen molar-refractivity contribution < 1.29 is 22.6 Å². The van der Waals surface area contributed by atoms with Crippen LogP contribution in [0.3, 0.4) is 0 Å². The number of hydrogen-bond acceptors (Lipinski definition) is 3. The second-order valence-electron chi connectivity index (χ2n) is 5.41. The topological polar surface area (TPSA) is 44.5 Å². The summed E-state index contributed by atoms with van der Waals surface area (Å²) in [5, 5.41) is 0. The molecule has 3 rings (SSSR count). The van der Waals surface area contributed by atoms with Crippen LogP contribution in [0.2, 0.25) is 0 Å². The van der Waals surface area contributed by atoms with E-state index in [4.69, 9.17) is 15.2 Å². The Kier molecular flexibility index (Phi) is 3.08. The summed E-state index contributed by atoms with van der Waals surface area (Å²) in [6, 6.07) is 2.41. The van der Waals surface area contributed by atoms with Crippen molar-refractivity contribution in [3.8, 4) is 11.5 Å². The van der Waals surface area contributed by atoms with E-state index < -0.39 is 17.2 Å². The Balaban J connectivity index is 2.23. The summed E-state index contributed by atoms with van der Waals surface area (Å²) in [5.41, 5.74) is 4.74. The molecule has 0 aromatic heterocycles. The average Bonchev–Trinajstić information content (AvgIpc) is 3.06. The van der Waals surface area contributed by atoms with E-state index in [2.05, 4.69) is 0 Å². The van der Waals surface area contributed by atoms with Gasteiger partial charge in [-0.15, -0.1) is 0 Å². The van der Waals surface area contributed by atoms with Crippen LogP contribution in [0.1, 0.15) is 36.8 Å². The second kappa shape index (κ2) is 4.55. The molecule has 0 unspecified atom stereocenters. The minimum atomic E-state index is -4.42. The minimum Gasteiger partial charge on any atom is -0.454 e. The van der Waals surface area contributed by atoms with E-state index >= 15 is 0 Å². The Morgan fingerprint density at radius 3 is 2.45 bits per heavy atom. The van der Waals surface area contributed by atoms with Gasteiger partial charge in [-0.3, -0.25) is 0 Å². The van der Waals surface area contributed by atoms with Gasteiger partial charge >= 0.3 is 6.18 Å². The van der Waals surface area contributed by atoms with Crippen molar-refractivity contribution in [2.75, 3.05) is 13.3 Å². The first-order valence-corrected chi connectivity index (χ1v) is 6.68. The molecule has 1 aliphatic heterocycles. The molecule has 0 amide bonds. The third kappa shape index (κ3) is 1.93. The number of ether oxygens (including phenoxy) is 2. The van der Waals surface area contributed by atoms with E-state index in [1.807, 2.05) is 0 Å². The van der Waals surface area contributed by atoms with Gasteiger partial charge < -0.3 is 15.2 Å². The predicted molar refractivity (Wildman–Crippen MR) is 66.8 cm³/mol. The van der Waals surface area contributed by atoms with Crippen LogP contribution in [0.25, 0.3) is 0 Å². The van der Waals surface area contributed by atoms with Crippen LogP contribution in [-0.4, -0.2) is 13.3 Å². The van der Waals surface area contributed by atoms with Crippen LogP contribution >= 0.6 is 0 Å². The van der Waals surface area contributed by atoms with E-state index in [0.29, 0.717) is 18.6 Å². The number of hydrogen-bond donors (Lipinski definition) is 1. The van der Waals surface area contributed by atoms with Gasteiger partial charge in [-0.1, -0.05) is 12.8 Å². The summed E-state index contributed by atoms with van der Waals surface area (Å²) in [4.78, 5) is 0. The summed E-state index contributed by atoms with van der Waals surface area (Å²) in [6.07, 6.45) is -1.32. The van der Waals surface area contributed by atoms with Crippen LogP contribution in [0.4, 0.5) is 13.2 Å². The van der Waals surface area contributed by atoms with Gasteiger partial charge in [0.1, 0.15) is 0 Å². The van der Waals surface area contributed by atoms with Crippen molar-refractivity contribution in [1.82, 2.24) is 0 Å². The van der Waals surface area contributed by atoms with Crippen LogP contribution in [0, 0.1) is 0 Å². The van der Waals surface area contributed by atoms with E-state index in [1.165, 1.54) is 6.07 Å². The first kappa shape index (κ1) is 13.5. The van der Waals surface area contributed by atoms with Crippen LogP contribution < -0.4 is 15.2 Å². The first-order valence-electron chi connectivity index (χ1n) is 6.68. The molecule has 2 aliphatic rings. The molecule has 20 heavy (non-hydrogen) atoms. The van der Waals surface area contributed by atoms with Gasteiger partial charge in [0.05, 0.1) is 5.56 Å². The SMILES string of the molecule is NCC1(c2c(C(F)(F)F)ccc3c2OCO3)CCCC1. The molecule has 110 valence electrons. The van der Waals surface area contributed by atoms with Gasteiger partial charge in [0.25, 0.3) is 0 Å². The van der Waals surface area contributed by atoms with Gasteiger partial charge in [-0.25, -0.2) is 0 Å². The fourth-order valence-corrected chi connectivity index (χ4v) is 3.34. The van der Waals surface area contributed by atoms with E-state index in [0.717, 1.165) is 18.9 Å². The Morgan fingerprint density at radius 2 is 1.85 bits per heavy atom. The van der Waals surface area contributed by atoms with Crippen LogP contribution in [0.5, 0.6) is 11.5 Å². The highest BCUT2D eigenvalue weighted by atomic mass is 19.4. The highest BCUT2D eigenvalue weighted by Gasteiger charge is 2.46. The Hall–Kier alpha value is -1.43. The average molecular weight is 287 g/mol. The number of nitrogens with two attached hydrogens (primary N) is 1. The third-order valence-electron chi connectivity index (χ3n) is 4.33. The summed E-state index contributed by atoms with van der Waals surface area (Å²) in [6.45, 7) is 0.153. The lowest BCUT2D eigenvalue weighted by Crippen LogP contribution is -2.34. The molecule has 1 fully saturated rings. The molecule has 1 aliphatic carbocycles. The second-order valence-corrected chi connectivity index (χ2v) is 5.41. The summed E-state index contributed by atoms with van der Waals surface area (Å²) in [7, 11) is 0. The maximum absolute atomic E-state index is 13.3. The fraction of sp³-hybridized carbons (Fsp3) is 0.571. The zero-order valence-electron chi connectivity index (χ0n) is 10.9. The van der Waals surface area contributed by atoms with Crippen molar-refractivity contribution in [3.63, 3.8) is 0 Å². The zero-order chi connectivity index (χ0) is 14.4. The van der Waals surface area contributed by atoms with E-state index in [9.17, 15) is 13.2 Å². The van der Waals surface area contributed by atoms with E-state index in [1.54, 1.807) is 0 Å². The Labute approximate surface area is 114 Å². The highest BCUT2D eigenvalue weighted by Crippen LogP contribution is 2.53. The van der Waals surface area contributed by atoms with Crippen molar-refractivity contribution >= 4 is 0 Å². The van der Waals surface area contributed by atoms with Gasteiger partial charge in [-0.2, -0.15) is 13.2 Å². The lowest BCUT2D eigenvalue weighted by molar-refractivity contribution is -0.138. The lowest BCUT2D eigenvalue weighted by Gasteiger charge is -2.31. The number of halogens is 3. The standard InChI is InChI=1S/C14H16F3NO2/c15-14(16,17)9-3-4-10-12(20-8-19-10)11(9)13(7-18)5-1-2-6-13/h3-4H,1-2,5-8,18H2. The molecule has 6 heteroatoms. The Bertz CT molecular complexity index is 522. The van der Waals surface area contributed by atoms with Crippen molar-refractivity contribution in [1.29, 1.82) is 0 Å². The maximum atomic E-state index is 13.3. The van der Waals surface area contributed by atoms with Crippen LogP contribution in [-0.2, 0) is 11.6 Å². The third-order valence-corrected chi connectivity index (χ3v) is 4.33. The monoisotopic (exact) mass is 287 g/mol. The molecular formula is C14H16F3NO2. The summed E-state index contributed by atoms with van der Waals surface area (Å²) < 4.78 is 50.6. The predicted octanol–water partition coefficient (Wildman–Crippen LogP) is 3.20. The van der Waals surface area contributed by atoms with Gasteiger partial charge in [0.15, 0.2) is 11.5 Å². The number of fused-ring (bicyclic) bond motifs is 1. The summed E-state index contributed by atoms with van der Waals surface area (Å²) in [5.74, 6) is 0.611. The molecule has 0 spiro atoms. The zero-order valence-corrected chi connectivity index (χ0v) is 10.9. The molecule has 0 saturated heterocycles. The van der Waals surface area contributed by atoms with Crippen LogP contribution in [0.15, 0.2) is 12.1 Å². The molecule has 1 aromatic rings. The first-order chi connectivity index (χ1) is 9.48. The molecule has 2 N–H and O–H groups in total. The molecule has 1 heterocycles. The summed E-state index contributed by atoms with van der Waals surface area (Å²) >= 11 is 0. The number of rotatable bonds is 2. The van der Waals surface area contributed by atoms with Crippen molar-refractivity contribution in [3.05, 3.63) is 23.3 Å². The quantitative estimate of drug-likeness (QED) is 0.908. The molecule has 0 radical (unpaired) electrons. The highest BCUT2D eigenvalue weighted by molar-refractivity contribution is 5.57. The van der Waals surface area contributed by atoms with Crippen molar-refractivity contribution in [2.45, 2.75) is 37.3 Å². The number of benzene rings is 1. The lowest BCUT2D eigenvalue weighted by atomic mass is 9.76. The maximum Gasteiger partial charge on any atom is 0.416 e. The molecule has 0 bridgehead atoms. The molecule has 1 aromatic carbocycles. The smallest absolute Gasteiger partial charge is 0.416 e. The molecule has 3 nitrogen and oxygen atoms in total. The van der Waals surface area contributed by atoms with Gasteiger partial charge in [0.2, 0.25) is 6.79 Å². The normalized spacial score (nSPS) is 20.4.